The lowest BCUT2D eigenvalue weighted by Crippen LogP contribution is -2.12. The van der Waals surface area contributed by atoms with Gasteiger partial charge >= 0.3 is 0 Å². The lowest BCUT2D eigenvalue weighted by atomic mass is 10.0. The van der Waals surface area contributed by atoms with Crippen molar-refractivity contribution in [3.05, 3.63) is 76.7 Å². The quantitative estimate of drug-likeness (QED) is 0.708. The number of amides is 1. The summed E-state index contributed by atoms with van der Waals surface area (Å²) in [6.45, 7) is 2.06. The van der Waals surface area contributed by atoms with Gasteiger partial charge in [0, 0.05) is 22.4 Å². The number of thioether (sulfide) groups is 1. The Hall–Kier alpha value is -2.80. The molecule has 0 saturated carbocycles. The van der Waals surface area contributed by atoms with Gasteiger partial charge in [0.2, 0.25) is 5.91 Å². The fourth-order valence-electron chi connectivity index (χ4n) is 3.11. The second-order valence-electron chi connectivity index (χ2n) is 6.27. The Labute approximate surface area is 160 Å². The van der Waals surface area contributed by atoms with Gasteiger partial charge in [-0.25, -0.2) is 4.39 Å². The van der Waals surface area contributed by atoms with Gasteiger partial charge in [0.25, 0.3) is 0 Å². The summed E-state index contributed by atoms with van der Waals surface area (Å²) in [4.78, 5) is 12.0. The Morgan fingerprint density at radius 2 is 2.00 bits per heavy atom. The maximum absolute atomic E-state index is 13.9. The van der Waals surface area contributed by atoms with Crippen LogP contribution in [0.3, 0.4) is 0 Å². The van der Waals surface area contributed by atoms with Gasteiger partial charge in [-0.15, -0.1) is 11.8 Å². The zero-order chi connectivity index (χ0) is 18.8. The molecule has 3 aromatic rings. The summed E-state index contributed by atoms with van der Waals surface area (Å²) in [7, 11) is 0. The Morgan fingerprint density at radius 3 is 2.85 bits per heavy atom. The number of H-pyrrole nitrogens is 1. The molecule has 1 aliphatic heterocycles. The molecule has 1 atom stereocenters. The summed E-state index contributed by atoms with van der Waals surface area (Å²) in [5.74, 6) is 1.17. The molecule has 1 aromatic heterocycles. The van der Waals surface area contributed by atoms with Crippen LogP contribution in [0.2, 0.25) is 0 Å². The minimum atomic E-state index is -0.290. The van der Waals surface area contributed by atoms with Gasteiger partial charge < -0.3 is 10.1 Å². The summed E-state index contributed by atoms with van der Waals surface area (Å²) in [6.07, 6.45) is 0. The highest BCUT2D eigenvalue weighted by Gasteiger charge is 2.30. The van der Waals surface area contributed by atoms with E-state index in [9.17, 15) is 9.18 Å². The van der Waals surface area contributed by atoms with Crippen molar-refractivity contribution in [2.45, 2.75) is 18.8 Å². The minimum Gasteiger partial charge on any atom is -0.488 e. The molecule has 1 aliphatic rings. The van der Waals surface area contributed by atoms with Gasteiger partial charge in [-0.1, -0.05) is 36.4 Å². The predicted molar refractivity (Wildman–Crippen MR) is 103 cm³/mol. The number of carbonyl (C=O) groups excluding carboxylic acids is 1. The van der Waals surface area contributed by atoms with Crippen LogP contribution in [0.5, 0.6) is 5.75 Å². The zero-order valence-electron chi connectivity index (χ0n) is 14.7. The molecule has 0 unspecified atom stereocenters. The number of aromatic nitrogens is 2. The number of carbonyl (C=O) groups is 1. The van der Waals surface area contributed by atoms with E-state index in [2.05, 4.69) is 15.5 Å². The van der Waals surface area contributed by atoms with Crippen molar-refractivity contribution in [2.75, 3.05) is 11.1 Å². The molecular weight excluding hydrogens is 365 g/mol. The van der Waals surface area contributed by atoms with Crippen LogP contribution in [0.4, 0.5) is 10.2 Å². The average Bonchev–Trinajstić information content (AvgIpc) is 2.93. The Balaban J connectivity index is 1.68. The summed E-state index contributed by atoms with van der Waals surface area (Å²) in [5, 5.41) is 9.88. The summed E-state index contributed by atoms with van der Waals surface area (Å²) in [6, 6.07) is 14.2. The van der Waals surface area contributed by atoms with Crippen LogP contribution in [0.1, 0.15) is 27.6 Å². The molecule has 7 heteroatoms. The molecule has 2 N–H and O–H groups in total. The number of halogens is 1. The lowest BCUT2D eigenvalue weighted by molar-refractivity contribution is -0.113. The second-order valence-corrected chi connectivity index (χ2v) is 7.36. The molecule has 4 rings (SSSR count). The molecule has 2 aromatic carbocycles. The first kappa shape index (κ1) is 17.6. The largest absolute Gasteiger partial charge is 0.488 e. The Bertz CT molecular complexity index is 989. The topological polar surface area (TPSA) is 67.0 Å². The van der Waals surface area contributed by atoms with Crippen molar-refractivity contribution in [2.24, 2.45) is 0 Å². The number of anilines is 1. The molecule has 0 aliphatic carbocycles. The van der Waals surface area contributed by atoms with E-state index >= 15 is 0 Å². The predicted octanol–water partition coefficient (Wildman–Crippen LogP) is 4.21. The van der Waals surface area contributed by atoms with Crippen LogP contribution >= 0.6 is 11.8 Å². The van der Waals surface area contributed by atoms with E-state index < -0.39 is 0 Å². The molecule has 0 saturated heterocycles. The molecule has 138 valence electrons. The van der Waals surface area contributed by atoms with Crippen molar-refractivity contribution in [3.8, 4) is 5.75 Å². The van der Waals surface area contributed by atoms with Crippen molar-refractivity contribution in [3.63, 3.8) is 0 Å². The molecule has 0 bridgehead atoms. The van der Waals surface area contributed by atoms with E-state index in [4.69, 9.17) is 4.74 Å². The van der Waals surface area contributed by atoms with Gasteiger partial charge in [-0.05, 0) is 19.1 Å². The molecule has 0 radical (unpaired) electrons. The SMILES string of the molecule is Cc1[nH]nc2c1[C@H](c1ccccc1OCc1ccccc1F)SCC(=O)N2. The van der Waals surface area contributed by atoms with Crippen LogP contribution in [0.25, 0.3) is 0 Å². The van der Waals surface area contributed by atoms with E-state index in [1.165, 1.54) is 17.8 Å². The number of para-hydroxylation sites is 1. The number of nitrogens with one attached hydrogen (secondary N) is 2. The number of hydrogen-bond acceptors (Lipinski definition) is 4. The van der Waals surface area contributed by atoms with E-state index in [1.807, 2.05) is 31.2 Å². The van der Waals surface area contributed by atoms with Gasteiger partial charge in [0.05, 0.1) is 11.0 Å². The molecular formula is C20H18FN3O2S. The highest BCUT2D eigenvalue weighted by molar-refractivity contribution is 8.00. The number of hydrogen-bond donors (Lipinski definition) is 2. The molecule has 1 amide bonds. The Kier molecular flexibility index (Phi) is 4.85. The highest BCUT2D eigenvalue weighted by atomic mass is 32.2. The van der Waals surface area contributed by atoms with E-state index in [0.29, 0.717) is 22.9 Å². The smallest absolute Gasteiger partial charge is 0.235 e. The van der Waals surface area contributed by atoms with Crippen molar-refractivity contribution in [1.82, 2.24) is 10.2 Å². The number of aromatic amines is 1. The molecule has 27 heavy (non-hydrogen) atoms. The van der Waals surface area contributed by atoms with Crippen LogP contribution in [0.15, 0.2) is 48.5 Å². The number of fused-ring (bicyclic) bond motifs is 1. The van der Waals surface area contributed by atoms with Gasteiger partial charge in [-0.2, -0.15) is 5.10 Å². The van der Waals surface area contributed by atoms with Gasteiger partial charge in [0.15, 0.2) is 5.82 Å². The van der Waals surface area contributed by atoms with E-state index in [1.54, 1.807) is 18.2 Å². The third-order valence-electron chi connectivity index (χ3n) is 4.44. The van der Waals surface area contributed by atoms with E-state index in [0.717, 1.165) is 16.8 Å². The average molecular weight is 383 g/mol. The first-order valence-corrected chi connectivity index (χ1v) is 9.60. The Morgan fingerprint density at radius 1 is 1.22 bits per heavy atom. The van der Waals surface area contributed by atoms with Crippen LogP contribution in [-0.4, -0.2) is 21.9 Å². The third kappa shape index (κ3) is 3.55. The van der Waals surface area contributed by atoms with Crippen molar-refractivity contribution in [1.29, 1.82) is 0 Å². The second kappa shape index (κ2) is 7.44. The normalized spacial score (nSPS) is 16.4. The fraction of sp³-hybridized carbons (Fsp3) is 0.200. The van der Waals surface area contributed by atoms with Gasteiger partial charge in [-0.3, -0.25) is 9.89 Å². The molecule has 2 heterocycles. The number of benzene rings is 2. The minimum absolute atomic E-state index is 0.0833. The third-order valence-corrected chi connectivity index (χ3v) is 5.69. The lowest BCUT2D eigenvalue weighted by Gasteiger charge is -2.19. The van der Waals surface area contributed by atoms with Crippen LogP contribution < -0.4 is 10.1 Å². The first-order chi connectivity index (χ1) is 13.1. The summed E-state index contributed by atoms with van der Waals surface area (Å²) in [5.41, 5.74) is 3.26. The molecule has 0 fully saturated rings. The fourth-order valence-corrected chi connectivity index (χ4v) is 4.33. The van der Waals surface area contributed by atoms with Gasteiger partial charge in [0.1, 0.15) is 18.2 Å². The van der Waals surface area contributed by atoms with Crippen LogP contribution in [0, 0.1) is 12.7 Å². The molecule has 5 nitrogen and oxygen atoms in total. The van der Waals surface area contributed by atoms with Crippen molar-refractivity contribution < 1.29 is 13.9 Å². The van der Waals surface area contributed by atoms with E-state index in [-0.39, 0.29) is 23.6 Å². The maximum atomic E-state index is 13.9. The number of aryl methyl sites for hydroxylation is 1. The monoisotopic (exact) mass is 383 g/mol. The zero-order valence-corrected chi connectivity index (χ0v) is 15.5. The number of ether oxygens (including phenoxy) is 1. The molecule has 0 spiro atoms. The number of nitrogens with zero attached hydrogens (tertiary/aromatic N) is 1. The van der Waals surface area contributed by atoms with Crippen LogP contribution in [-0.2, 0) is 11.4 Å². The number of rotatable bonds is 4. The standard InChI is InChI=1S/C20H18FN3O2S/c1-12-18-19(27-11-17(25)22-20(18)24-23-12)14-7-3-5-9-16(14)26-10-13-6-2-4-8-15(13)21/h2-9,19H,10-11H2,1H3,(H2,22,23,24,25)/t19-/m0/s1. The maximum Gasteiger partial charge on any atom is 0.235 e. The summed E-state index contributed by atoms with van der Waals surface area (Å²) >= 11 is 1.52. The first-order valence-electron chi connectivity index (χ1n) is 8.55. The van der Waals surface area contributed by atoms with Crippen molar-refractivity contribution >= 4 is 23.5 Å². The summed E-state index contributed by atoms with van der Waals surface area (Å²) < 4.78 is 19.9. The highest BCUT2D eigenvalue weighted by Crippen LogP contribution is 2.45.